The third-order valence-corrected chi connectivity index (χ3v) is 4.87. The lowest BCUT2D eigenvalue weighted by atomic mass is 10.2. The van der Waals surface area contributed by atoms with Crippen LogP contribution in [0.1, 0.15) is 26.3 Å². The summed E-state index contributed by atoms with van der Waals surface area (Å²) in [5.41, 5.74) is 0.457. The number of carbonyl (C=O) groups excluding carboxylic acids is 1. The van der Waals surface area contributed by atoms with Gasteiger partial charge in [-0.1, -0.05) is 17.7 Å². The number of aryl methyl sites for hydroxylation is 1. The van der Waals surface area contributed by atoms with Crippen molar-refractivity contribution in [3.05, 3.63) is 29.8 Å². The second-order valence-electron chi connectivity index (χ2n) is 7.01. The van der Waals surface area contributed by atoms with E-state index in [0.29, 0.717) is 26.2 Å². The lowest BCUT2D eigenvalue weighted by molar-refractivity contribution is 0.0189. The first-order valence-corrected chi connectivity index (χ1v) is 9.60. The number of carbonyl (C=O) groups is 1. The van der Waals surface area contributed by atoms with E-state index in [1.807, 2.05) is 27.7 Å². The van der Waals surface area contributed by atoms with E-state index in [9.17, 15) is 13.2 Å². The van der Waals surface area contributed by atoms with E-state index in [0.717, 1.165) is 5.56 Å². The van der Waals surface area contributed by atoms with Crippen LogP contribution in [0.2, 0.25) is 0 Å². The average molecular weight is 367 g/mol. The van der Waals surface area contributed by atoms with Crippen LogP contribution in [0.5, 0.6) is 0 Å². The predicted molar refractivity (Wildman–Crippen MR) is 96.2 cm³/mol. The van der Waals surface area contributed by atoms with Gasteiger partial charge in [0.1, 0.15) is 11.9 Å². The van der Waals surface area contributed by atoms with Crippen molar-refractivity contribution in [1.82, 2.24) is 9.80 Å². The molecule has 1 amide bonds. The Morgan fingerprint density at radius 2 is 1.68 bits per heavy atom. The quantitative estimate of drug-likeness (QED) is 0.605. The number of rotatable bonds is 3. The minimum Gasteiger partial charge on any atom is -0.444 e. The van der Waals surface area contributed by atoms with Gasteiger partial charge in [-0.2, -0.15) is 8.42 Å². The second kappa shape index (κ2) is 7.43. The number of nitrogens with zero attached hydrogens (tertiary/aromatic N) is 3. The molecule has 1 aliphatic heterocycles. The molecule has 1 aliphatic rings. The summed E-state index contributed by atoms with van der Waals surface area (Å²) >= 11 is 0. The topological polar surface area (TPSA) is 79.3 Å². The molecule has 8 heteroatoms. The molecule has 1 aromatic rings. The highest BCUT2D eigenvalue weighted by atomic mass is 32.2. The zero-order valence-electron chi connectivity index (χ0n) is 15.1. The minimum atomic E-state index is -3.71. The van der Waals surface area contributed by atoms with Crippen LogP contribution >= 0.6 is 0 Å². The molecule has 0 saturated carbocycles. The number of sulfonamides is 1. The highest BCUT2D eigenvalue weighted by Crippen LogP contribution is 2.14. The summed E-state index contributed by atoms with van der Waals surface area (Å²) in [4.78, 5) is 15.6. The Labute approximate surface area is 149 Å². The van der Waals surface area contributed by atoms with Crippen molar-refractivity contribution in [2.75, 3.05) is 26.2 Å². The summed E-state index contributed by atoms with van der Waals surface area (Å²) in [6, 6.07) is 6.56. The van der Waals surface area contributed by atoms with Crippen molar-refractivity contribution in [3.63, 3.8) is 0 Å². The minimum absolute atomic E-state index is 0.168. The van der Waals surface area contributed by atoms with Crippen LogP contribution in [-0.2, 0) is 14.8 Å². The van der Waals surface area contributed by atoms with E-state index in [1.165, 1.54) is 6.34 Å². The molecular formula is C17H25N3O4S. The molecule has 7 nitrogen and oxygen atoms in total. The van der Waals surface area contributed by atoms with Crippen molar-refractivity contribution in [1.29, 1.82) is 0 Å². The summed E-state index contributed by atoms with van der Waals surface area (Å²) in [6.45, 7) is 9.30. The lowest BCUT2D eigenvalue weighted by Gasteiger charge is -2.34. The van der Waals surface area contributed by atoms with E-state index in [1.54, 1.807) is 34.1 Å². The van der Waals surface area contributed by atoms with Crippen LogP contribution in [0.25, 0.3) is 0 Å². The van der Waals surface area contributed by atoms with Gasteiger partial charge in [-0.3, -0.25) is 0 Å². The fourth-order valence-electron chi connectivity index (χ4n) is 2.25. The van der Waals surface area contributed by atoms with Crippen LogP contribution < -0.4 is 0 Å². The van der Waals surface area contributed by atoms with Gasteiger partial charge in [0.25, 0.3) is 10.0 Å². The molecule has 2 rings (SSSR count). The van der Waals surface area contributed by atoms with E-state index in [4.69, 9.17) is 4.74 Å². The average Bonchev–Trinajstić information content (AvgIpc) is 2.52. The Morgan fingerprint density at radius 3 is 2.20 bits per heavy atom. The molecule has 1 saturated heterocycles. The molecular weight excluding hydrogens is 342 g/mol. The van der Waals surface area contributed by atoms with Crippen molar-refractivity contribution in [3.8, 4) is 0 Å². The van der Waals surface area contributed by atoms with Crippen molar-refractivity contribution < 1.29 is 17.9 Å². The lowest BCUT2D eigenvalue weighted by Crippen LogP contribution is -2.49. The Balaban J connectivity index is 1.92. The smallest absolute Gasteiger partial charge is 0.410 e. The van der Waals surface area contributed by atoms with Crippen molar-refractivity contribution in [2.24, 2.45) is 4.40 Å². The maximum atomic E-state index is 12.2. The Hall–Kier alpha value is -2.09. The van der Waals surface area contributed by atoms with E-state index >= 15 is 0 Å². The molecule has 0 radical (unpaired) electrons. The van der Waals surface area contributed by atoms with E-state index in [2.05, 4.69) is 4.40 Å². The molecule has 0 N–H and O–H groups in total. The van der Waals surface area contributed by atoms with Crippen LogP contribution in [0, 0.1) is 6.92 Å². The Bertz CT molecular complexity index is 728. The van der Waals surface area contributed by atoms with Gasteiger partial charge >= 0.3 is 6.09 Å². The van der Waals surface area contributed by atoms with Crippen molar-refractivity contribution >= 4 is 22.5 Å². The molecule has 0 unspecified atom stereocenters. The first kappa shape index (κ1) is 19.2. The molecule has 1 aromatic carbocycles. The summed E-state index contributed by atoms with van der Waals surface area (Å²) < 4.78 is 33.5. The van der Waals surface area contributed by atoms with Gasteiger partial charge in [0.15, 0.2) is 0 Å². The molecule has 0 spiro atoms. The molecule has 1 fully saturated rings. The fourth-order valence-corrected chi connectivity index (χ4v) is 3.11. The largest absolute Gasteiger partial charge is 0.444 e. The zero-order chi connectivity index (χ0) is 18.7. The zero-order valence-corrected chi connectivity index (χ0v) is 15.9. The van der Waals surface area contributed by atoms with Gasteiger partial charge < -0.3 is 14.5 Å². The standard InChI is InChI=1S/C17H25N3O4S/c1-14-5-7-15(8-6-14)25(22,23)18-13-19-9-11-20(12-10-19)16(21)24-17(2,3)4/h5-8,13H,9-12H2,1-4H3. The number of hydrogen-bond donors (Lipinski definition) is 0. The monoisotopic (exact) mass is 367 g/mol. The normalized spacial score (nSPS) is 16.3. The second-order valence-corrected chi connectivity index (χ2v) is 8.64. The van der Waals surface area contributed by atoms with Gasteiger partial charge in [-0.05, 0) is 39.8 Å². The molecule has 25 heavy (non-hydrogen) atoms. The molecule has 0 atom stereocenters. The summed E-state index contributed by atoms with van der Waals surface area (Å²) in [5, 5.41) is 0. The Morgan fingerprint density at radius 1 is 1.12 bits per heavy atom. The van der Waals surface area contributed by atoms with Crippen molar-refractivity contribution in [2.45, 2.75) is 38.2 Å². The molecule has 1 heterocycles. The van der Waals surface area contributed by atoms with Gasteiger partial charge in [-0.15, -0.1) is 4.40 Å². The third-order valence-electron chi connectivity index (χ3n) is 3.63. The predicted octanol–water partition coefficient (Wildman–Crippen LogP) is 2.26. The first-order chi connectivity index (χ1) is 11.6. The van der Waals surface area contributed by atoms with Crippen LogP contribution in [0.3, 0.4) is 0 Å². The van der Waals surface area contributed by atoms with Crippen LogP contribution in [0.4, 0.5) is 4.79 Å². The summed E-state index contributed by atoms with van der Waals surface area (Å²) in [7, 11) is -3.71. The fraction of sp³-hybridized carbons (Fsp3) is 0.529. The SMILES string of the molecule is Cc1ccc(S(=O)(=O)N=CN2CCN(C(=O)OC(C)(C)C)CC2)cc1. The van der Waals surface area contributed by atoms with Crippen LogP contribution in [-0.4, -0.2) is 62.4 Å². The maximum Gasteiger partial charge on any atom is 0.410 e. The van der Waals surface area contributed by atoms with E-state index in [-0.39, 0.29) is 11.0 Å². The number of hydrogen-bond acceptors (Lipinski definition) is 4. The maximum absolute atomic E-state index is 12.2. The first-order valence-electron chi connectivity index (χ1n) is 8.16. The summed E-state index contributed by atoms with van der Waals surface area (Å²) in [6.07, 6.45) is 0.984. The number of ether oxygens (including phenoxy) is 1. The van der Waals surface area contributed by atoms with Crippen LogP contribution in [0.15, 0.2) is 33.6 Å². The molecule has 0 bridgehead atoms. The van der Waals surface area contributed by atoms with E-state index < -0.39 is 15.6 Å². The van der Waals surface area contributed by atoms with Gasteiger partial charge in [0.05, 0.1) is 4.90 Å². The van der Waals surface area contributed by atoms with Gasteiger partial charge in [0.2, 0.25) is 0 Å². The number of piperazine rings is 1. The number of benzene rings is 1. The van der Waals surface area contributed by atoms with Gasteiger partial charge in [0, 0.05) is 26.2 Å². The third kappa shape index (κ3) is 5.74. The number of amides is 1. The highest BCUT2D eigenvalue weighted by Gasteiger charge is 2.25. The molecule has 0 aromatic heterocycles. The molecule has 0 aliphatic carbocycles. The summed E-state index contributed by atoms with van der Waals surface area (Å²) in [5.74, 6) is 0. The Kier molecular flexibility index (Phi) is 5.72. The molecule has 138 valence electrons. The van der Waals surface area contributed by atoms with Gasteiger partial charge in [-0.25, -0.2) is 4.79 Å². The highest BCUT2D eigenvalue weighted by molar-refractivity contribution is 7.90.